The third kappa shape index (κ3) is 3.54. The smallest absolute Gasteiger partial charge is 0.229 e. The second-order valence-electron chi connectivity index (χ2n) is 5.74. The molecule has 0 aromatic heterocycles. The van der Waals surface area contributed by atoms with Crippen LogP contribution >= 0.6 is 11.6 Å². The summed E-state index contributed by atoms with van der Waals surface area (Å²) in [6, 6.07) is 14.7. The van der Waals surface area contributed by atoms with Crippen LogP contribution in [0.1, 0.15) is 12.0 Å². The van der Waals surface area contributed by atoms with Crippen molar-refractivity contribution in [3.63, 3.8) is 0 Å². The fourth-order valence-corrected chi connectivity index (χ4v) is 2.85. The van der Waals surface area contributed by atoms with Crippen LogP contribution in [0, 0.1) is 12.8 Å². The van der Waals surface area contributed by atoms with E-state index in [0.717, 1.165) is 16.9 Å². The average Bonchev–Trinajstić information content (AvgIpc) is 2.90. The molecule has 1 aliphatic rings. The van der Waals surface area contributed by atoms with Gasteiger partial charge in [-0.3, -0.25) is 9.59 Å². The minimum atomic E-state index is -0.348. The molecular formula is C18H17ClN2O2. The number of halogens is 1. The van der Waals surface area contributed by atoms with E-state index in [4.69, 9.17) is 11.6 Å². The zero-order chi connectivity index (χ0) is 16.4. The Bertz CT molecular complexity index is 743. The SMILES string of the molecule is Cc1cccc(NC(=O)[C@@H]2CC(=O)N(c3ccc(Cl)cc3)C2)c1. The molecule has 0 spiro atoms. The minimum absolute atomic E-state index is 0.0447. The Labute approximate surface area is 140 Å². The summed E-state index contributed by atoms with van der Waals surface area (Å²) in [6.07, 6.45) is 0.222. The Balaban J connectivity index is 1.69. The number of nitrogens with zero attached hydrogens (tertiary/aromatic N) is 1. The van der Waals surface area contributed by atoms with E-state index < -0.39 is 0 Å². The molecule has 2 amide bonds. The van der Waals surface area contributed by atoms with Gasteiger partial charge in [-0.1, -0.05) is 23.7 Å². The van der Waals surface area contributed by atoms with Gasteiger partial charge in [0.25, 0.3) is 0 Å². The maximum atomic E-state index is 12.4. The lowest BCUT2D eigenvalue weighted by Gasteiger charge is -2.16. The first-order valence-corrected chi connectivity index (χ1v) is 7.84. The summed E-state index contributed by atoms with van der Waals surface area (Å²) in [6.45, 7) is 2.36. The van der Waals surface area contributed by atoms with Crippen LogP contribution in [0.3, 0.4) is 0 Å². The molecule has 1 fully saturated rings. The van der Waals surface area contributed by atoms with Gasteiger partial charge >= 0.3 is 0 Å². The van der Waals surface area contributed by atoms with E-state index in [9.17, 15) is 9.59 Å². The van der Waals surface area contributed by atoms with Crippen molar-refractivity contribution in [3.8, 4) is 0 Å². The molecule has 3 rings (SSSR count). The molecule has 1 aliphatic heterocycles. The highest BCUT2D eigenvalue weighted by Crippen LogP contribution is 2.27. The molecule has 4 nitrogen and oxygen atoms in total. The molecule has 1 saturated heterocycles. The monoisotopic (exact) mass is 328 g/mol. The predicted molar refractivity (Wildman–Crippen MR) is 91.7 cm³/mol. The highest BCUT2D eigenvalue weighted by atomic mass is 35.5. The second-order valence-corrected chi connectivity index (χ2v) is 6.18. The number of aryl methyl sites for hydroxylation is 1. The topological polar surface area (TPSA) is 49.4 Å². The summed E-state index contributed by atoms with van der Waals surface area (Å²) in [5, 5.41) is 3.51. The van der Waals surface area contributed by atoms with Gasteiger partial charge in [0.2, 0.25) is 11.8 Å². The molecule has 0 radical (unpaired) electrons. The number of amides is 2. The Morgan fingerprint density at radius 1 is 1.22 bits per heavy atom. The van der Waals surface area contributed by atoms with Gasteiger partial charge in [-0.05, 0) is 48.9 Å². The lowest BCUT2D eigenvalue weighted by Crippen LogP contribution is -2.28. The summed E-state index contributed by atoms with van der Waals surface area (Å²) in [5.74, 6) is -0.518. The molecule has 23 heavy (non-hydrogen) atoms. The molecule has 0 unspecified atom stereocenters. The van der Waals surface area contributed by atoms with E-state index in [0.29, 0.717) is 11.6 Å². The summed E-state index contributed by atoms with van der Waals surface area (Å²) in [5.41, 5.74) is 2.60. The average molecular weight is 329 g/mol. The molecule has 118 valence electrons. The van der Waals surface area contributed by atoms with Crippen LogP contribution in [0.4, 0.5) is 11.4 Å². The maximum absolute atomic E-state index is 12.4. The quantitative estimate of drug-likeness (QED) is 0.935. The molecule has 2 aromatic carbocycles. The van der Waals surface area contributed by atoms with Gasteiger partial charge in [0.1, 0.15) is 0 Å². The fraction of sp³-hybridized carbons (Fsp3) is 0.222. The molecule has 0 bridgehead atoms. The summed E-state index contributed by atoms with van der Waals surface area (Å²) < 4.78 is 0. The third-order valence-electron chi connectivity index (χ3n) is 3.92. The molecular weight excluding hydrogens is 312 g/mol. The highest BCUT2D eigenvalue weighted by Gasteiger charge is 2.35. The van der Waals surface area contributed by atoms with Crippen LogP contribution in [0.2, 0.25) is 5.02 Å². The van der Waals surface area contributed by atoms with Gasteiger partial charge in [0, 0.05) is 29.4 Å². The van der Waals surface area contributed by atoms with E-state index in [1.54, 1.807) is 29.2 Å². The van der Waals surface area contributed by atoms with E-state index in [1.165, 1.54) is 0 Å². The van der Waals surface area contributed by atoms with E-state index in [2.05, 4.69) is 5.32 Å². The Morgan fingerprint density at radius 2 is 1.96 bits per heavy atom. The number of hydrogen-bond acceptors (Lipinski definition) is 2. The Kier molecular flexibility index (Phi) is 4.35. The largest absolute Gasteiger partial charge is 0.326 e. The first kappa shape index (κ1) is 15.6. The van der Waals surface area contributed by atoms with Crippen molar-refractivity contribution in [2.75, 3.05) is 16.8 Å². The van der Waals surface area contributed by atoms with Crippen molar-refractivity contribution < 1.29 is 9.59 Å². The third-order valence-corrected chi connectivity index (χ3v) is 4.17. The number of rotatable bonds is 3. The van der Waals surface area contributed by atoms with E-state index in [1.807, 2.05) is 31.2 Å². The number of hydrogen-bond donors (Lipinski definition) is 1. The first-order chi connectivity index (χ1) is 11.0. The Morgan fingerprint density at radius 3 is 2.65 bits per heavy atom. The van der Waals surface area contributed by atoms with Gasteiger partial charge in [-0.2, -0.15) is 0 Å². The second kappa shape index (κ2) is 6.42. The highest BCUT2D eigenvalue weighted by molar-refractivity contribution is 6.30. The van der Waals surface area contributed by atoms with Gasteiger partial charge in [0.05, 0.1) is 5.92 Å². The molecule has 1 N–H and O–H groups in total. The number of nitrogens with one attached hydrogen (secondary N) is 1. The lowest BCUT2D eigenvalue weighted by atomic mass is 10.1. The lowest BCUT2D eigenvalue weighted by molar-refractivity contribution is -0.122. The summed E-state index contributed by atoms with van der Waals surface area (Å²) in [4.78, 5) is 26.2. The van der Waals surface area contributed by atoms with Crippen LogP contribution in [0.25, 0.3) is 0 Å². The van der Waals surface area contributed by atoms with Crippen LogP contribution in [-0.2, 0) is 9.59 Å². The fourth-order valence-electron chi connectivity index (χ4n) is 2.72. The summed E-state index contributed by atoms with van der Waals surface area (Å²) >= 11 is 5.87. The molecule has 1 atom stereocenters. The van der Waals surface area contributed by atoms with Crippen molar-refractivity contribution in [3.05, 3.63) is 59.1 Å². The summed E-state index contributed by atoms with van der Waals surface area (Å²) in [7, 11) is 0. The Hall–Kier alpha value is -2.33. The van der Waals surface area contributed by atoms with Crippen LogP contribution < -0.4 is 10.2 Å². The van der Waals surface area contributed by atoms with E-state index in [-0.39, 0.29) is 24.2 Å². The molecule has 0 aliphatic carbocycles. The molecule has 1 heterocycles. The van der Waals surface area contributed by atoms with Gasteiger partial charge in [0.15, 0.2) is 0 Å². The zero-order valence-electron chi connectivity index (χ0n) is 12.8. The normalized spacial score (nSPS) is 17.4. The maximum Gasteiger partial charge on any atom is 0.229 e. The number of anilines is 2. The van der Waals surface area contributed by atoms with Gasteiger partial charge < -0.3 is 10.2 Å². The van der Waals surface area contributed by atoms with Crippen LogP contribution in [0.15, 0.2) is 48.5 Å². The first-order valence-electron chi connectivity index (χ1n) is 7.46. The molecule has 2 aromatic rings. The number of carbonyl (C=O) groups excluding carboxylic acids is 2. The van der Waals surface area contributed by atoms with Gasteiger partial charge in [-0.15, -0.1) is 0 Å². The van der Waals surface area contributed by atoms with Crippen LogP contribution in [0.5, 0.6) is 0 Å². The standard InChI is InChI=1S/C18H17ClN2O2/c1-12-3-2-4-15(9-12)20-18(23)13-10-17(22)21(11-13)16-7-5-14(19)6-8-16/h2-9,13H,10-11H2,1H3,(H,20,23)/t13-/m1/s1. The predicted octanol–water partition coefficient (Wildman–Crippen LogP) is 3.64. The number of benzene rings is 2. The van der Waals surface area contributed by atoms with Gasteiger partial charge in [-0.25, -0.2) is 0 Å². The minimum Gasteiger partial charge on any atom is -0.326 e. The molecule has 0 saturated carbocycles. The van der Waals surface area contributed by atoms with Crippen molar-refractivity contribution in [2.45, 2.75) is 13.3 Å². The zero-order valence-corrected chi connectivity index (χ0v) is 13.5. The van der Waals surface area contributed by atoms with Crippen molar-refractivity contribution in [1.82, 2.24) is 0 Å². The van der Waals surface area contributed by atoms with E-state index >= 15 is 0 Å². The van der Waals surface area contributed by atoms with Crippen LogP contribution in [-0.4, -0.2) is 18.4 Å². The number of carbonyl (C=O) groups is 2. The van der Waals surface area contributed by atoms with Crippen molar-refractivity contribution in [2.24, 2.45) is 5.92 Å². The molecule has 5 heteroatoms. The van der Waals surface area contributed by atoms with Crippen molar-refractivity contribution in [1.29, 1.82) is 0 Å². The van der Waals surface area contributed by atoms with Crippen molar-refractivity contribution >= 4 is 34.8 Å².